The van der Waals surface area contributed by atoms with Gasteiger partial charge >= 0.3 is 0 Å². The van der Waals surface area contributed by atoms with Crippen LogP contribution in [-0.4, -0.2) is 29.7 Å². The molecule has 1 saturated heterocycles. The van der Waals surface area contributed by atoms with Crippen LogP contribution in [0.2, 0.25) is 0 Å². The van der Waals surface area contributed by atoms with Crippen LogP contribution in [-0.2, 0) is 11.4 Å². The predicted octanol–water partition coefficient (Wildman–Crippen LogP) is 6.25. The van der Waals surface area contributed by atoms with E-state index in [0.29, 0.717) is 34.1 Å². The first-order valence-corrected chi connectivity index (χ1v) is 11.4. The number of hydrogen-bond donors (Lipinski definition) is 0. The molecule has 1 heterocycles. The number of hydrogen-bond acceptors (Lipinski definition) is 5. The van der Waals surface area contributed by atoms with E-state index in [2.05, 4.69) is 34.1 Å². The predicted molar refractivity (Wildman–Crippen MR) is 127 cm³/mol. The topological polar surface area (TPSA) is 55.8 Å². The number of imide groups is 1. The number of thioether (sulfide) groups is 1. The summed E-state index contributed by atoms with van der Waals surface area (Å²) in [4.78, 5) is 25.4. The largest absolute Gasteiger partial charge is 0.490 e. The lowest BCUT2D eigenvalue weighted by atomic mass is 10.1. The lowest BCUT2D eigenvalue weighted by molar-refractivity contribution is -0.121. The van der Waals surface area contributed by atoms with Gasteiger partial charge in [0.15, 0.2) is 11.5 Å². The molecule has 3 aromatic carbocycles. The number of rotatable bonds is 6. The van der Waals surface area contributed by atoms with Crippen LogP contribution in [0, 0.1) is 0 Å². The molecule has 0 bridgehead atoms. The van der Waals surface area contributed by atoms with Gasteiger partial charge in [0.2, 0.25) is 0 Å². The van der Waals surface area contributed by atoms with Crippen LogP contribution < -0.4 is 9.47 Å². The first-order valence-electron chi connectivity index (χ1n) is 9.75. The molecule has 0 aliphatic carbocycles. The fourth-order valence-corrected chi connectivity index (χ4v) is 4.74. The molecule has 5 nitrogen and oxygen atoms in total. The van der Waals surface area contributed by atoms with Gasteiger partial charge in [0.05, 0.1) is 16.0 Å². The van der Waals surface area contributed by atoms with Crippen molar-refractivity contribution < 1.29 is 19.1 Å². The Labute approximate surface area is 193 Å². The van der Waals surface area contributed by atoms with Gasteiger partial charge in [-0.2, -0.15) is 0 Å². The number of benzene rings is 3. The lowest BCUT2D eigenvalue weighted by Gasteiger charge is -2.16. The Morgan fingerprint density at radius 2 is 1.84 bits per heavy atom. The second-order valence-electron chi connectivity index (χ2n) is 6.93. The van der Waals surface area contributed by atoms with Gasteiger partial charge in [-0.3, -0.25) is 14.5 Å². The van der Waals surface area contributed by atoms with Gasteiger partial charge in [0.25, 0.3) is 11.1 Å². The second-order valence-corrected chi connectivity index (χ2v) is 8.78. The Morgan fingerprint density at radius 3 is 2.58 bits per heavy atom. The van der Waals surface area contributed by atoms with E-state index in [1.165, 1.54) is 7.05 Å². The van der Waals surface area contributed by atoms with E-state index in [-0.39, 0.29) is 11.1 Å². The summed E-state index contributed by atoms with van der Waals surface area (Å²) >= 11 is 4.50. The summed E-state index contributed by atoms with van der Waals surface area (Å²) in [5.74, 6) is 0.856. The van der Waals surface area contributed by atoms with Crippen molar-refractivity contribution in [2.75, 3.05) is 13.7 Å². The number of amides is 2. The van der Waals surface area contributed by atoms with Crippen LogP contribution in [0.3, 0.4) is 0 Å². The van der Waals surface area contributed by atoms with Crippen LogP contribution in [0.5, 0.6) is 11.5 Å². The van der Waals surface area contributed by atoms with E-state index in [0.717, 1.165) is 38.6 Å². The highest BCUT2D eigenvalue weighted by atomic mass is 79.9. The molecule has 0 N–H and O–H groups in total. The van der Waals surface area contributed by atoms with Gasteiger partial charge in [0, 0.05) is 7.05 Å². The average molecular weight is 498 g/mol. The zero-order chi connectivity index (χ0) is 22.0. The molecule has 4 rings (SSSR count). The minimum absolute atomic E-state index is 0.282. The molecule has 31 heavy (non-hydrogen) atoms. The molecule has 3 aromatic rings. The average Bonchev–Trinajstić information content (AvgIpc) is 3.00. The van der Waals surface area contributed by atoms with E-state index < -0.39 is 0 Å². The van der Waals surface area contributed by atoms with Crippen molar-refractivity contribution in [2.45, 2.75) is 13.5 Å². The van der Waals surface area contributed by atoms with Gasteiger partial charge in [-0.05, 0) is 74.7 Å². The van der Waals surface area contributed by atoms with Gasteiger partial charge in [-0.25, -0.2) is 0 Å². The van der Waals surface area contributed by atoms with Crippen molar-refractivity contribution in [1.29, 1.82) is 0 Å². The zero-order valence-electron chi connectivity index (χ0n) is 17.1. The molecule has 0 saturated carbocycles. The summed E-state index contributed by atoms with van der Waals surface area (Å²) in [7, 11) is 1.48. The molecule has 1 aliphatic rings. The summed E-state index contributed by atoms with van der Waals surface area (Å²) in [5, 5.41) is 2.02. The maximum absolute atomic E-state index is 12.2. The smallest absolute Gasteiger partial charge is 0.293 e. The molecule has 158 valence electrons. The van der Waals surface area contributed by atoms with Crippen molar-refractivity contribution in [2.24, 2.45) is 0 Å². The minimum Gasteiger partial charge on any atom is -0.490 e. The van der Waals surface area contributed by atoms with E-state index in [1.54, 1.807) is 6.08 Å². The normalized spacial score (nSPS) is 15.2. The fraction of sp³-hybridized carbons (Fsp3) is 0.167. The standard InChI is InChI=1S/C24H20BrNO4S/c1-3-29-20-12-15(13-21-23(27)26(2)24(28)31-21)11-19(25)22(20)30-14-17-9-6-8-16-7-4-5-10-18(16)17/h4-13H,3,14H2,1-2H3/b21-13-. The molecule has 2 amide bonds. The van der Waals surface area contributed by atoms with Crippen LogP contribution in [0.4, 0.5) is 4.79 Å². The van der Waals surface area contributed by atoms with E-state index in [4.69, 9.17) is 9.47 Å². The number of likely N-dealkylation sites (N-methyl/N-ethyl adjacent to an activating group) is 1. The molecular formula is C24H20BrNO4S. The number of halogens is 1. The van der Waals surface area contributed by atoms with Crippen LogP contribution >= 0.6 is 27.7 Å². The SMILES string of the molecule is CCOc1cc(/C=C2\SC(=O)N(C)C2=O)cc(Br)c1OCc1cccc2ccccc12. The third-order valence-corrected chi connectivity index (χ3v) is 6.42. The zero-order valence-corrected chi connectivity index (χ0v) is 19.5. The summed E-state index contributed by atoms with van der Waals surface area (Å²) in [5.41, 5.74) is 1.82. The van der Waals surface area contributed by atoms with Crippen molar-refractivity contribution >= 4 is 55.7 Å². The number of carbonyl (C=O) groups is 2. The number of ether oxygens (including phenoxy) is 2. The van der Waals surface area contributed by atoms with Crippen LogP contribution in [0.25, 0.3) is 16.8 Å². The molecule has 7 heteroatoms. The van der Waals surface area contributed by atoms with Crippen LogP contribution in [0.15, 0.2) is 64.0 Å². The molecule has 1 aliphatic heterocycles. The summed E-state index contributed by atoms with van der Waals surface area (Å²) in [6.07, 6.45) is 1.69. The highest BCUT2D eigenvalue weighted by molar-refractivity contribution is 9.10. The van der Waals surface area contributed by atoms with Crippen molar-refractivity contribution in [3.8, 4) is 11.5 Å². The lowest BCUT2D eigenvalue weighted by Crippen LogP contribution is -2.22. The Hall–Kier alpha value is -2.77. The fourth-order valence-electron chi connectivity index (χ4n) is 3.34. The molecule has 0 radical (unpaired) electrons. The van der Waals surface area contributed by atoms with Crippen molar-refractivity contribution in [3.05, 3.63) is 75.1 Å². The van der Waals surface area contributed by atoms with E-state index >= 15 is 0 Å². The molecule has 1 fully saturated rings. The highest BCUT2D eigenvalue weighted by Crippen LogP contribution is 2.39. The molecule has 0 aromatic heterocycles. The Bertz CT molecular complexity index is 1200. The first kappa shape index (κ1) is 21.5. The third kappa shape index (κ3) is 4.48. The van der Waals surface area contributed by atoms with Gasteiger partial charge in [-0.1, -0.05) is 42.5 Å². The van der Waals surface area contributed by atoms with E-state index in [9.17, 15) is 9.59 Å². The summed E-state index contributed by atoms with van der Waals surface area (Å²) in [6, 6.07) is 18.0. The molecular weight excluding hydrogens is 478 g/mol. The van der Waals surface area contributed by atoms with Crippen LogP contribution in [0.1, 0.15) is 18.1 Å². The maximum Gasteiger partial charge on any atom is 0.293 e. The maximum atomic E-state index is 12.2. The number of nitrogens with zero attached hydrogens (tertiary/aromatic N) is 1. The van der Waals surface area contributed by atoms with Crippen molar-refractivity contribution in [3.63, 3.8) is 0 Å². The second kappa shape index (κ2) is 9.16. The molecule has 0 spiro atoms. The Kier molecular flexibility index (Phi) is 6.34. The van der Waals surface area contributed by atoms with Gasteiger partial charge in [0.1, 0.15) is 6.61 Å². The van der Waals surface area contributed by atoms with Gasteiger partial charge in [-0.15, -0.1) is 0 Å². The highest BCUT2D eigenvalue weighted by Gasteiger charge is 2.31. The summed E-state index contributed by atoms with van der Waals surface area (Å²) in [6.45, 7) is 2.75. The first-order chi connectivity index (χ1) is 15.0. The number of carbonyl (C=O) groups excluding carboxylic acids is 2. The Morgan fingerprint density at radius 1 is 1.06 bits per heavy atom. The number of fused-ring (bicyclic) bond motifs is 1. The monoisotopic (exact) mass is 497 g/mol. The minimum atomic E-state index is -0.305. The van der Waals surface area contributed by atoms with Crippen molar-refractivity contribution in [1.82, 2.24) is 4.90 Å². The third-order valence-electron chi connectivity index (χ3n) is 4.87. The van der Waals surface area contributed by atoms with E-state index in [1.807, 2.05) is 43.3 Å². The summed E-state index contributed by atoms with van der Waals surface area (Å²) < 4.78 is 12.7. The van der Waals surface area contributed by atoms with Gasteiger partial charge < -0.3 is 9.47 Å². The quantitative estimate of drug-likeness (QED) is 0.377. The molecule has 0 atom stereocenters. The molecule has 0 unspecified atom stereocenters. The Balaban J connectivity index is 1.64.